The molecule has 0 bridgehead atoms. The number of nitrogens with zero attached hydrogens (tertiary/aromatic N) is 1. The van der Waals surface area contributed by atoms with Crippen LogP contribution < -0.4 is 14.9 Å². The van der Waals surface area contributed by atoms with E-state index in [-0.39, 0.29) is 17.3 Å². The molecule has 29 heavy (non-hydrogen) atoms. The van der Waals surface area contributed by atoms with E-state index < -0.39 is 15.8 Å². The first-order valence-electron chi connectivity index (χ1n) is 8.91. The highest BCUT2D eigenvalue weighted by Crippen LogP contribution is 2.34. The van der Waals surface area contributed by atoms with Crippen LogP contribution >= 0.6 is 28.3 Å². The molecule has 2 N–H and O–H groups in total. The molecule has 0 aliphatic carbocycles. The zero-order valence-electron chi connectivity index (χ0n) is 15.4. The fraction of sp³-hybridized carbons (Fsp3) is 0.200. The van der Waals surface area contributed by atoms with Gasteiger partial charge in [-0.25, -0.2) is 12.8 Å². The van der Waals surface area contributed by atoms with E-state index in [1.807, 2.05) is 30.3 Å². The monoisotopic (exact) mass is 499 g/mol. The van der Waals surface area contributed by atoms with Gasteiger partial charge in [-0.3, -0.25) is 4.72 Å². The molecule has 1 aliphatic rings. The standard InChI is InChI=1S/C20H19BrFN3O2S.ClH/c21-14-5-8-20(17(22)13-14)28(26,27)24-18-6-7-19(25-11-9-23-10-12-25)16-4-2-1-3-15(16)18;/h1-8,13,23-24H,9-12H2;1H. The third-order valence-electron chi connectivity index (χ3n) is 4.79. The van der Waals surface area contributed by atoms with Crippen LogP contribution in [0.15, 0.2) is 64.0 Å². The van der Waals surface area contributed by atoms with Gasteiger partial charge in [0.1, 0.15) is 10.7 Å². The molecule has 0 amide bonds. The normalized spacial score (nSPS) is 14.5. The fourth-order valence-electron chi connectivity index (χ4n) is 3.45. The molecule has 5 nitrogen and oxygen atoms in total. The zero-order valence-corrected chi connectivity index (χ0v) is 18.6. The van der Waals surface area contributed by atoms with Crippen LogP contribution in [0.2, 0.25) is 0 Å². The molecule has 9 heteroatoms. The van der Waals surface area contributed by atoms with Gasteiger partial charge in [0.2, 0.25) is 0 Å². The molecular formula is C20H20BrClFN3O2S. The lowest BCUT2D eigenvalue weighted by Crippen LogP contribution is -2.43. The van der Waals surface area contributed by atoms with E-state index in [1.165, 1.54) is 12.1 Å². The number of hydrogen-bond acceptors (Lipinski definition) is 4. The molecule has 1 fully saturated rings. The second kappa shape index (κ2) is 8.87. The van der Waals surface area contributed by atoms with Gasteiger partial charge in [0.25, 0.3) is 10.0 Å². The van der Waals surface area contributed by atoms with Gasteiger partial charge in [-0.1, -0.05) is 40.2 Å². The molecule has 1 aliphatic heterocycles. The van der Waals surface area contributed by atoms with Gasteiger partial charge in [0.15, 0.2) is 0 Å². The van der Waals surface area contributed by atoms with Crippen molar-refractivity contribution in [2.75, 3.05) is 35.8 Å². The van der Waals surface area contributed by atoms with Crippen molar-refractivity contribution < 1.29 is 12.8 Å². The van der Waals surface area contributed by atoms with Crippen molar-refractivity contribution in [1.29, 1.82) is 0 Å². The van der Waals surface area contributed by atoms with E-state index >= 15 is 0 Å². The van der Waals surface area contributed by atoms with Crippen LogP contribution in [0.4, 0.5) is 15.8 Å². The summed E-state index contributed by atoms with van der Waals surface area (Å²) in [6.07, 6.45) is 0. The Kier molecular flexibility index (Phi) is 6.68. The Bertz CT molecular complexity index is 1140. The van der Waals surface area contributed by atoms with Crippen LogP contribution in [0.1, 0.15) is 0 Å². The van der Waals surface area contributed by atoms with E-state index in [9.17, 15) is 12.8 Å². The van der Waals surface area contributed by atoms with Crippen molar-refractivity contribution in [2.45, 2.75) is 4.90 Å². The second-order valence-corrected chi connectivity index (χ2v) is 9.16. The number of anilines is 2. The molecule has 154 valence electrons. The molecule has 3 aromatic rings. The Morgan fingerprint density at radius 1 is 1.00 bits per heavy atom. The first kappa shape index (κ1) is 21.8. The number of nitrogens with one attached hydrogen (secondary N) is 2. The van der Waals surface area contributed by atoms with Crippen LogP contribution in [-0.2, 0) is 10.0 Å². The summed E-state index contributed by atoms with van der Waals surface area (Å²) in [4.78, 5) is 1.90. The summed E-state index contributed by atoms with van der Waals surface area (Å²) in [7, 11) is -4.06. The molecule has 3 aromatic carbocycles. The highest BCUT2D eigenvalue weighted by Gasteiger charge is 2.21. The Hall–Kier alpha value is -1.87. The van der Waals surface area contributed by atoms with Gasteiger partial charge in [0, 0.05) is 47.1 Å². The SMILES string of the molecule is Cl.O=S(=O)(Nc1ccc(N2CCNCC2)c2ccccc12)c1ccc(Br)cc1F. The van der Waals surface area contributed by atoms with Crippen LogP contribution in [0.25, 0.3) is 10.8 Å². The van der Waals surface area contributed by atoms with Gasteiger partial charge in [0.05, 0.1) is 5.69 Å². The van der Waals surface area contributed by atoms with Crippen molar-refractivity contribution in [2.24, 2.45) is 0 Å². The van der Waals surface area contributed by atoms with Crippen molar-refractivity contribution in [3.63, 3.8) is 0 Å². The van der Waals surface area contributed by atoms with Gasteiger partial charge < -0.3 is 10.2 Å². The zero-order chi connectivity index (χ0) is 19.7. The topological polar surface area (TPSA) is 61.4 Å². The quantitative estimate of drug-likeness (QED) is 0.558. The van der Waals surface area contributed by atoms with Crippen LogP contribution in [0.5, 0.6) is 0 Å². The number of piperazine rings is 1. The lowest BCUT2D eigenvalue weighted by molar-refractivity contribution is 0.570. The predicted octanol–water partition coefficient (Wildman–Crippen LogP) is 4.37. The summed E-state index contributed by atoms with van der Waals surface area (Å²) in [6.45, 7) is 3.59. The van der Waals surface area contributed by atoms with Gasteiger partial charge in [-0.2, -0.15) is 0 Å². The molecule has 1 heterocycles. The van der Waals surface area contributed by atoms with Gasteiger partial charge in [-0.15, -0.1) is 12.4 Å². The van der Waals surface area contributed by atoms with Crippen molar-refractivity contribution in [1.82, 2.24) is 5.32 Å². The summed E-state index contributed by atoms with van der Waals surface area (Å²) < 4.78 is 42.8. The first-order valence-corrected chi connectivity index (χ1v) is 11.2. The number of halogens is 3. The molecule has 0 atom stereocenters. The first-order chi connectivity index (χ1) is 13.5. The lowest BCUT2D eigenvalue weighted by atomic mass is 10.1. The summed E-state index contributed by atoms with van der Waals surface area (Å²) in [6, 6.07) is 15.2. The Labute approximate surface area is 183 Å². The molecular weight excluding hydrogens is 481 g/mol. The molecule has 0 unspecified atom stereocenters. The third-order valence-corrected chi connectivity index (χ3v) is 6.68. The minimum atomic E-state index is -4.06. The second-order valence-electron chi connectivity index (χ2n) is 6.60. The van der Waals surface area contributed by atoms with Gasteiger partial charge >= 0.3 is 0 Å². The van der Waals surface area contributed by atoms with E-state index in [1.54, 1.807) is 6.07 Å². The molecule has 1 saturated heterocycles. The Morgan fingerprint density at radius 3 is 2.38 bits per heavy atom. The van der Waals surface area contributed by atoms with Crippen LogP contribution in [-0.4, -0.2) is 34.6 Å². The number of rotatable bonds is 4. The summed E-state index contributed by atoms with van der Waals surface area (Å²) in [5, 5.41) is 5.07. The average molecular weight is 501 g/mol. The Balaban J connectivity index is 0.00000240. The maximum atomic E-state index is 14.2. The molecule has 4 rings (SSSR count). The number of hydrogen-bond donors (Lipinski definition) is 2. The lowest BCUT2D eigenvalue weighted by Gasteiger charge is -2.30. The van der Waals surface area contributed by atoms with Crippen molar-refractivity contribution in [3.8, 4) is 0 Å². The van der Waals surface area contributed by atoms with E-state index in [0.29, 0.717) is 10.2 Å². The van der Waals surface area contributed by atoms with Gasteiger partial charge in [-0.05, 0) is 30.3 Å². The molecule has 0 radical (unpaired) electrons. The highest BCUT2D eigenvalue weighted by molar-refractivity contribution is 9.10. The minimum Gasteiger partial charge on any atom is -0.368 e. The maximum absolute atomic E-state index is 14.2. The number of benzene rings is 3. The van der Waals surface area contributed by atoms with E-state index in [2.05, 4.69) is 30.9 Å². The summed E-state index contributed by atoms with van der Waals surface area (Å²) in [5.74, 6) is -0.802. The number of sulfonamides is 1. The molecule has 0 spiro atoms. The molecule has 0 aromatic heterocycles. The number of fused-ring (bicyclic) bond motifs is 1. The summed E-state index contributed by atoms with van der Waals surface area (Å²) >= 11 is 3.14. The van der Waals surface area contributed by atoms with Crippen molar-refractivity contribution in [3.05, 3.63) is 64.9 Å². The largest absolute Gasteiger partial charge is 0.368 e. The fourth-order valence-corrected chi connectivity index (χ4v) is 4.92. The van der Waals surface area contributed by atoms with E-state index in [0.717, 1.165) is 48.7 Å². The highest BCUT2D eigenvalue weighted by atomic mass is 79.9. The molecule has 0 saturated carbocycles. The van der Waals surface area contributed by atoms with Crippen LogP contribution in [0, 0.1) is 5.82 Å². The smallest absolute Gasteiger partial charge is 0.264 e. The maximum Gasteiger partial charge on any atom is 0.264 e. The Morgan fingerprint density at radius 2 is 1.69 bits per heavy atom. The average Bonchev–Trinajstić information content (AvgIpc) is 2.68. The van der Waals surface area contributed by atoms with Crippen LogP contribution in [0.3, 0.4) is 0 Å². The predicted molar refractivity (Wildman–Crippen MR) is 121 cm³/mol. The van der Waals surface area contributed by atoms with Crippen molar-refractivity contribution >= 4 is 60.5 Å². The third kappa shape index (κ3) is 4.50. The summed E-state index contributed by atoms with van der Waals surface area (Å²) in [5.41, 5.74) is 1.49. The van der Waals surface area contributed by atoms with E-state index in [4.69, 9.17) is 0 Å². The minimum absolute atomic E-state index is 0.